The molecule has 0 aliphatic carbocycles. The van der Waals surface area contributed by atoms with Crippen LogP contribution in [0.15, 0.2) is 0 Å². The Hall–Kier alpha value is -2.58. The number of anilines is 1. The van der Waals surface area contributed by atoms with E-state index >= 15 is 0 Å². The van der Waals surface area contributed by atoms with Gasteiger partial charge in [-0.1, -0.05) is 11.6 Å². The molecule has 1 heterocycles. The molecular formula is C14H5ClF11N3O. The molecule has 16 heteroatoms. The summed E-state index contributed by atoms with van der Waals surface area (Å²) in [5.74, 6) is -12.8. The van der Waals surface area contributed by atoms with E-state index in [1.54, 1.807) is 0 Å². The monoisotopic (exact) mass is 475 g/mol. The summed E-state index contributed by atoms with van der Waals surface area (Å²) in [5.41, 5.74) is -7.65. The molecule has 0 fully saturated rings. The number of benzene rings is 1. The van der Waals surface area contributed by atoms with Gasteiger partial charge in [0.1, 0.15) is 29.2 Å². The summed E-state index contributed by atoms with van der Waals surface area (Å²) in [7, 11) is 0. The SMILES string of the molecule is O=C(Cn1nc(C(F)F)c(Cl)c1C(F)F)Nc1c(F)c(F)c(C(F)(F)F)c(F)c1F. The zero-order valence-corrected chi connectivity index (χ0v) is 14.5. The number of nitrogens with one attached hydrogen (secondary N) is 1. The summed E-state index contributed by atoms with van der Waals surface area (Å²) in [6.07, 6.45) is -12.8. The number of nitrogens with zero attached hydrogens (tertiary/aromatic N) is 2. The largest absolute Gasteiger partial charge is 0.422 e. The minimum absolute atomic E-state index is 0.0730. The van der Waals surface area contributed by atoms with Gasteiger partial charge in [0.25, 0.3) is 12.9 Å². The van der Waals surface area contributed by atoms with E-state index in [9.17, 15) is 53.1 Å². The predicted octanol–water partition coefficient (Wildman–Crippen LogP) is 5.63. The van der Waals surface area contributed by atoms with Gasteiger partial charge in [-0.3, -0.25) is 9.48 Å². The molecule has 2 rings (SSSR count). The first-order valence-electron chi connectivity index (χ1n) is 7.23. The van der Waals surface area contributed by atoms with E-state index < -0.39 is 82.4 Å². The summed E-state index contributed by atoms with van der Waals surface area (Å²) in [6, 6.07) is 0. The van der Waals surface area contributed by atoms with Crippen molar-refractivity contribution in [1.82, 2.24) is 9.78 Å². The Morgan fingerprint density at radius 3 is 1.87 bits per heavy atom. The van der Waals surface area contributed by atoms with Gasteiger partial charge in [0.05, 0.1) is 5.02 Å². The van der Waals surface area contributed by atoms with Crippen molar-refractivity contribution < 1.29 is 53.1 Å². The highest BCUT2D eigenvalue weighted by atomic mass is 35.5. The van der Waals surface area contributed by atoms with Crippen molar-refractivity contribution >= 4 is 23.2 Å². The second-order valence-corrected chi connectivity index (χ2v) is 5.77. The molecule has 0 saturated carbocycles. The molecule has 0 unspecified atom stereocenters. The minimum Gasteiger partial charge on any atom is -0.319 e. The van der Waals surface area contributed by atoms with Crippen LogP contribution in [0.2, 0.25) is 5.02 Å². The summed E-state index contributed by atoms with van der Waals surface area (Å²) in [5, 5.41) is 2.88. The number of carbonyl (C=O) groups is 1. The van der Waals surface area contributed by atoms with Gasteiger partial charge in [0, 0.05) is 0 Å². The van der Waals surface area contributed by atoms with E-state index in [-0.39, 0.29) is 4.68 Å². The molecule has 4 nitrogen and oxygen atoms in total. The smallest absolute Gasteiger partial charge is 0.319 e. The quantitative estimate of drug-likeness (QED) is 0.450. The first-order chi connectivity index (χ1) is 13.7. The number of hydrogen-bond donors (Lipinski definition) is 1. The highest BCUT2D eigenvalue weighted by molar-refractivity contribution is 6.32. The van der Waals surface area contributed by atoms with Crippen LogP contribution in [-0.2, 0) is 17.5 Å². The molecule has 0 saturated heterocycles. The van der Waals surface area contributed by atoms with Crippen molar-refractivity contribution in [3.8, 4) is 0 Å². The van der Waals surface area contributed by atoms with Gasteiger partial charge in [-0.2, -0.15) is 18.3 Å². The summed E-state index contributed by atoms with van der Waals surface area (Å²) < 4.78 is 143. The van der Waals surface area contributed by atoms with E-state index in [0.717, 1.165) is 5.32 Å². The van der Waals surface area contributed by atoms with Gasteiger partial charge < -0.3 is 5.32 Å². The van der Waals surface area contributed by atoms with Crippen LogP contribution in [-0.4, -0.2) is 15.7 Å². The minimum atomic E-state index is -5.83. The summed E-state index contributed by atoms with van der Waals surface area (Å²) in [4.78, 5) is 11.8. The maximum absolute atomic E-state index is 13.8. The first kappa shape index (κ1) is 23.7. The van der Waals surface area contributed by atoms with Gasteiger partial charge >= 0.3 is 6.18 Å². The molecule has 30 heavy (non-hydrogen) atoms. The molecule has 166 valence electrons. The van der Waals surface area contributed by atoms with Crippen LogP contribution in [0.25, 0.3) is 0 Å². The fourth-order valence-corrected chi connectivity index (χ4v) is 2.55. The van der Waals surface area contributed by atoms with Crippen molar-refractivity contribution in [3.05, 3.63) is 45.2 Å². The number of halogens is 12. The topological polar surface area (TPSA) is 46.9 Å². The molecule has 1 N–H and O–H groups in total. The normalized spacial score (nSPS) is 12.2. The lowest BCUT2D eigenvalue weighted by atomic mass is 10.1. The van der Waals surface area contributed by atoms with Gasteiger partial charge in [-0.05, 0) is 0 Å². The summed E-state index contributed by atoms with van der Waals surface area (Å²) >= 11 is 5.31. The third kappa shape index (κ3) is 4.29. The van der Waals surface area contributed by atoms with E-state index in [1.165, 1.54) is 0 Å². The lowest BCUT2D eigenvalue weighted by Crippen LogP contribution is -2.24. The molecule has 1 amide bonds. The van der Waals surface area contributed by atoms with E-state index in [0.29, 0.717) is 0 Å². The van der Waals surface area contributed by atoms with Crippen LogP contribution in [0.1, 0.15) is 29.8 Å². The second kappa shape index (κ2) is 8.28. The Bertz CT molecular complexity index is 958. The molecule has 0 radical (unpaired) electrons. The number of hydrogen-bond acceptors (Lipinski definition) is 2. The number of aromatic nitrogens is 2. The molecule has 1 aromatic carbocycles. The van der Waals surface area contributed by atoms with Gasteiger partial charge in [-0.15, -0.1) is 0 Å². The van der Waals surface area contributed by atoms with Crippen LogP contribution in [0.4, 0.5) is 54.0 Å². The first-order valence-corrected chi connectivity index (χ1v) is 7.61. The molecule has 0 bridgehead atoms. The van der Waals surface area contributed by atoms with Crippen molar-refractivity contribution in [2.75, 3.05) is 5.32 Å². The Morgan fingerprint density at radius 1 is 0.967 bits per heavy atom. The standard InChI is InChI=1S/C14H5ClF11N3O/c15-4-9(12(20)21)28-29(11(4)13(22)23)1-2(30)27-10-7(18)5(16)3(14(24,25)26)6(17)8(10)19/h12-13H,1H2,(H,27,30). The average Bonchev–Trinajstić information content (AvgIpc) is 2.92. The van der Waals surface area contributed by atoms with E-state index in [1.807, 2.05) is 0 Å². The third-order valence-corrected chi connectivity index (χ3v) is 3.86. The Labute approximate surface area is 163 Å². The van der Waals surface area contributed by atoms with Crippen LogP contribution in [0, 0.1) is 23.3 Å². The number of carbonyl (C=O) groups excluding carboxylic acids is 1. The van der Waals surface area contributed by atoms with Crippen LogP contribution < -0.4 is 5.32 Å². The Morgan fingerprint density at radius 2 is 1.47 bits per heavy atom. The maximum Gasteiger partial charge on any atom is 0.422 e. The van der Waals surface area contributed by atoms with Gasteiger partial charge in [0.2, 0.25) is 5.91 Å². The molecule has 0 spiro atoms. The third-order valence-electron chi connectivity index (χ3n) is 3.47. The van der Waals surface area contributed by atoms with Gasteiger partial charge in [0.15, 0.2) is 23.3 Å². The molecule has 0 atom stereocenters. The highest BCUT2D eigenvalue weighted by Gasteiger charge is 2.42. The number of rotatable bonds is 5. The molecule has 0 aliphatic rings. The maximum atomic E-state index is 13.8. The fraction of sp³-hybridized carbons (Fsp3) is 0.286. The molecular weight excluding hydrogens is 471 g/mol. The van der Waals surface area contributed by atoms with Crippen LogP contribution >= 0.6 is 11.6 Å². The zero-order valence-electron chi connectivity index (χ0n) is 13.7. The van der Waals surface area contributed by atoms with Crippen molar-refractivity contribution in [1.29, 1.82) is 0 Å². The van der Waals surface area contributed by atoms with E-state index in [2.05, 4.69) is 5.10 Å². The summed E-state index contributed by atoms with van der Waals surface area (Å²) in [6.45, 7) is -1.46. The van der Waals surface area contributed by atoms with Crippen molar-refractivity contribution in [2.24, 2.45) is 0 Å². The molecule has 0 aliphatic heterocycles. The van der Waals surface area contributed by atoms with Gasteiger partial charge in [-0.25, -0.2) is 35.1 Å². The lowest BCUT2D eigenvalue weighted by Gasteiger charge is -2.15. The zero-order chi connectivity index (χ0) is 23.1. The number of amides is 1. The Kier molecular flexibility index (Phi) is 6.54. The highest BCUT2D eigenvalue weighted by Crippen LogP contribution is 2.39. The molecule has 2 aromatic rings. The Balaban J connectivity index is 2.42. The van der Waals surface area contributed by atoms with Crippen LogP contribution in [0.5, 0.6) is 0 Å². The van der Waals surface area contributed by atoms with Crippen LogP contribution in [0.3, 0.4) is 0 Å². The van der Waals surface area contributed by atoms with Crippen molar-refractivity contribution in [2.45, 2.75) is 25.6 Å². The second-order valence-electron chi connectivity index (χ2n) is 5.40. The average molecular weight is 476 g/mol. The molecule has 1 aromatic heterocycles. The fourth-order valence-electron chi connectivity index (χ4n) is 2.25. The number of alkyl halides is 7. The van der Waals surface area contributed by atoms with E-state index in [4.69, 9.17) is 11.6 Å². The van der Waals surface area contributed by atoms with Crippen molar-refractivity contribution in [3.63, 3.8) is 0 Å². The predicted molar refractivity (Wildman–Crippen MR) is 77.1 cm³/mol. The lowest BCUT2D eigenvalue weighted by molar-refractivity contribution is -0.143.